The first-order valence-corrected chi connectivity index (χ1v) is 22.8. The summed E-state index contributed by atoms with van der Waals surface area (Å²) in [5, 5.41) is 0. The third kappa shape index (κ3) is 20.8. The summed E-state index contributed by atoms with van der Waals surface area (Å²) in [5.74, 6) is 0. The van der Waals surface area contributed by atoms with Gasteiger partial charge in [-0.15, -0.1) is 0 Å². The predicted octanol–water partition coefficient (Wildman–Crippen LogP) is 15.1. The average Bonchev–Trinajstić information content (AvgIpc) is 3.06. The zero-order valence-corrected chi connectivity index (χ0v) is 34.7. The Bertz CT molecular complexity index is 529. The zero-order chi connectivity index (χ0) is 34.4. The summed E-state index contributed by atoms with van der Waals surface area (Å²) < 4.78 is 23.2. The Balaban J connectivity index is 7.09. The maximum atomic E-state index is 7.73. The first-order valence-electron chi connectivity index (χ1n) is 21.4. The number of unbranched alkanes of at least 4 members (excludes halogenated alkanes) is 12. The van der Waals surface area contributed by atoms with Gasteiger partial charge in [0.15, 0.2) is 0 Å². The van der Waals surface area contributed by atoms with Crippen molar-refractivity contribution < 1.29 is 11.4 Å². The Morgan fingerprint density at radius 2 is 0.435 bits per heavy atom. The third-order valence-corrected chi connectivity index (χ3v) is 12.7. The molecule has 0 N–H and O–H groups in total. The maximum Gasteiger partial charge on any atom is 0.906 e. The molecule has 0 aromatic heterocycles. The minimum Gasteiger partial charge on any atom is -0.449 e. The van der Waals surface area contributed by atoms with Crippen molar-refractivity contribution >= 4 is 15.1 Å². The summed E-state index contributed by atoms with van der Waals surface area (Å²) in [5.41, 5.74) is -0.311. The molecule has 0 aromatic rings. The molecule has 0 fully saturated rings. The van der Waals surface area contributed by atoms with Crippen LogP contribution in [0.25, 0.3) is 0 Å². The van der Waals surface area contributed by atoms with Crippen molar-refractivity contribution in [2.45, 2.75) is 272 Å². The second-order valence-electron chi connectivity index (χ2n) is 15.2. The van der Waals surface area contributed by atoms with Crippen LogP contribution in [0.2, 0.25) is 0 Å². The molecule has 0 aliphatic heterocycles. The smallest absolute Gasteiger partial charge is 0.449 e. The van der Waals surface area contributed by atoms with E-state index >= 15 is 0 Å². The highest BCUT2D eigenvalue weighted by Gasteiger charge is 2.50. The van der Waals surface area contributed by atoms with E-state index < -0.39 is 15.1 Å². The van der Waals surface area contributed by atoms with Gasteiger partial charge in [-0.25, -0.2) is 0 Å². The van der Waals surface area contributed by atoms with E-state index in [9.17, 15) is 0 Å². The van der Waals surface area contributed by atoms with Crippen LogP contribution >= 0.6 is 0 Å². The number of hydrogen-bond acceptors (Lipinski definition) is 3. The van der Waals surface area contributed by atoms with Gasteiger partial charge in [-0.3, -0.25) is 0 Å². The molecule has 0 amide bonds. The molecule has 0 spiro atoms. The topological polar surface area (TPSA) is 27.7 Å². The Morgan fingerprint density at radius 1 is 0.261 bits per heavy atom. The lowest BCUT2D eigenvalue weighted by Crippen LogP contribution is -2.52. The molecular formula is C42H87AlO3. The van der Waals surface area contributed by atoms with Crippen molar-refractivity contribution in [2.24, 2.45) is 0 Å². The van der Waals surface area contributed by atoms with Crippen molar-refractivity contribution in [3.8, 4) is 0 Å². The van der Waals surface area contributed by atoms with E-state index in [0.29, 0.717) is 0 Å². The van der Waals surface area contributed by atoms with Gasteiger partial charge in [0.2, 0.25) is 0 Å². The Morgan fingerprint density at radius 3 is 0.609 bits per heavy atom. The highest BCUT2D eigenvalue weighted by atomic mass is 27.3. The van der Waals surface area contributed by atoms with Gasteiger partial charge in [0.25, 0.3) is 0 Å². The van der Waals surface area contributed by atoms with Gasteiger partial charge in [0, 0.05) is 16.8 Å². The summed E-state index contributed by atoms with van der Waals surface area (Å²) >= 11 is -2.52. The predicted molar refractivity (Wildman–Crippen MR) is 207 cm³/mol. The van der Waals surface area contributed by atoms with Crippen molar-refractivity contribution in [1.29, 1.82) is 0 Å². The van der Waals surface area contributed by atoms with Gasteiger partial charge in [-0.1, -0.05) is 197 Å². The summed E-state index contributed by atoms with van der Waals surface area (Å²) in [4.78, 5) is 0. The molecule has 46 heavy (non-hydrogen) atoms. The fourth-order valence-corrected chi connectivity index (χ4v) is 9.85. The second-order valence-corrected chi connectivity index (χ2v) is 16.5. The van der Waals surface area contributed by atoms with Crippen molar-refractivity contribution in [2.75, 3.05) is 0 Å². The van der Waals surface area contributed by atoms with Gasteiger partial charge in [-0.05, 0) is 57.8 Å². The van der Waals surface area contributed by atoms with Crippen LogP contribution in [0, 0.1) is 0 Å². The zero-order valence-electron chi connectivity index (χ0n) is 33.5. The average molecular weight is 667 g/mol. The molecule has 0 heterocycles. The summed E-state index contributed by atoms with van der Waals surface area (Å²) in [6.45, 7) is 21.1. The van der Waals surface area contributed by atoms with Gasteiger partial charge >= 0.3 is 15.1 Å². The highest BCUT2D eigenvalue weighted by Crippen LogP contribution is 2.40. The van der Waals surface area contributed by atoms with Crippen LogP contribution in [-0.4, -0.2) is 32.0 Å². The highest BCUT2D eigenvalue weighted by molar-refractivity contribution is 6.37. The van der Waals surface area contributed by atoms with Crippen LogP contribution in [0.1, 0.15) is 255 Å². The van der Waals surface area contributed by atoms with Crippen LogP contribution in [0.3, 0.4) is 0 Å². The standard InChI is InChI=1S/3C14H29O.Al/c3*1-4-7-10-13-14(15,11-8-5-2)12-9-6-3;/h3*4-13H2,1-3H3;/q3*-1;+3. The van der Waals surface area contributed by atoms with Gasteiger partial charge in [0.05, 0.1) is 0 Å². The van der Waals surface area contributed by atoms with E-state index in [-0.39, 0.29) is 16.8 Å². The first kappa shape index (κ1) is 46.4. The minimum atomic E-state index is -2.52. The lowest BCUT2D eigenvalue weighted by atomic mass is 9.86. The Hall–Kier alpha value is 0.412. The van der Waals surface area contributed by atoms with Crippen molar-refractivity contribution in [3.63, 3.8) is 0 Å². The summed E-state index contributed by atoms with van der Waals surface area (Å²) in [7, 11) is 0. The van der Waals surface area contributed by atoms with Crippen LogP contribution in [0.5, 0.6) is 0 Å². The van der Waals surface area contributed by atoms with Gasteiger partial charge in [0.1, 0.15) is 0 Å². The van der Waals surface area contributed by atoms with E-state index in [4.69, 9.17) is 11.4 Å². The first-order chi connectivity index (χ1) is 22.3. The molecule has 4 heteroatoms. The molecule has 276 valence electrons. The molecule has 0 saturated carbocycles. The third-order valence-electron chi connectivity index (χ3n) is 10.7. The number of hydrogen-bond donors (Lipinski definition) is 0. The molecule has 3 nitrogen and oxygen atoms in total. The fourth-order valence-electron chi connectivity index (χ4n) is 7.43. The SMILES string of the molecule is CCCCCC(CCCC)(CCCC)[O][Al]([O]C(CCCC)(CCCC)CCCCC)[O]C(CCCC)(CCCC)CCCCC. The molecule has 0 saturated heterocycles. The molecule has 0 aliphatic rings. The molecule has 0 radical (unpaired) electrons. The lowest BCUT2D eigenvalue weighted by Gasteiger charge is -2.45. The fraction of sp³-hybridized carbons (Fsp3) is 1.00. The lowest BCUT2D eigenvalue weighted by molar-refractivity contribution is -0.112. The van der Waals surface area contributed by atoms with Crippen LogP contribution in [0.4, 0.5) is 0 Å². The van der Waals surface area contributed by atoms with Crippen molar-refractivity contribution in [3.05, 3.63) is 0 Å². The minimum absolute atomic E-state index is 0.104. The molecule has 0 rings (SSSR count). The maximum absolute atomic E-state index is 7.73. The Labute approximate surface area is 297 Å². The molecule has 0 atom stereocenters. The van der Waals surface area contributed by atoms with Crippen LogP contribution in [-0.2, 0) is 11.4 Å². The van der Waals surface area contributed by atoms with E-state index in [1.807, 2.05) is 0 Å². The largest absolute Gasteiger partial charge is 0.906 e. The molecule has 0 aromatic carbocycles. The normalized spacial score (nSPS) is 12.7. The van der Waals surface area contributed by atoms with Gasteiger partial charge in [-0.2, -0.15) is 0 Å². The number of rotatable bonds is 36. The molecular weight excluding hydrogens is 579 g/mol. The molecule has 0 unspecified atom stereocenters. The van der Waals surface area contributed by atoms with E-state index in [1.165, 1.54) is 135 Å². The van der Waals surface area contributed by atoms with E-state index in [2.05, 4.69) is 62.3 Å². The van der Waals surface area contributed by atoms with Crippen LogP contribution < -0.4 is 0 Å². The monoisotopic (exact) mass is 667 g/mol. The summed E-state index contributed by atoms with van der Waals surface area (Å²) in [6, 6.07) is 0. The quantitative estimate of drug-likeness (QED) is 0.0492. The summed E-state index contributed by atoms with van der Waals surface area (Å²) in [6.07, 6.45) is 36.6. The van der Waals surface area contributed by atoms with Gasteiger partial charge < -0.3 is 11.4 Å². The van der Waals surface area contributed by atoms with Crippen molar-refractivity contribution in [1.82, 2.24) is 0 Å². The second kappa shape index (κ2) is 30.3. The Kier molecular flexibility index (Phi) is 30.5. The van der Waals surface area contributed by atoms with E-state index in [1.54, 1.807) is 0 Å². The molecule has 0 aliphatic carbocycles. The van der Waals surface area contributed by atoms with E-state index in [0.717, 1.165) is 57.8 Å². The van der Waals surface area contributed by atoms with Crippen LogP contribution in [0.15, 0.2) is 0 Å². The molecule has 0 bridgehead atoms.